The lowest BCUT2D eigenvalue weighted by molar-refractivity contribution is 0.0696. The first-order valence-electron chi connectivity index (χ1n) is 10.8. The molecule has 1 aromatic carbocycles. The Kier molecular flexibility index (Phi) is 6.37. The van der Waals surface area contributed by atoms with E-state index in [0.717, 1.165) is 12.8 Å². The third kappa shape index (κ3) is 4.57. The van der Waals surface area contributed by atoms with Crippen molar-refractivity contribution in [3.05, 3.63) is 68.8 Å². The van der Waals surface area contributed by atoms with Crippen LogP contribution in [0.3, 0.4) is 0 Å². The highest BCUT2D eigenvalue weighted by molar-refractivity contribution is 6.33. The van der Waals surface area contributed by atoms with Gasteiger partial charge >= 0.3 is 0 Å². The Morgan fingerprint density at radius 2 is 1.91 bits per heavy atom. The molecule has 0 unspecified atom stereocenters. The maximum atomic E-state index is 13.2. The molecule has 4 rings (SSSR count). The number of nitrogens with one attached hydrogen (secondary N) is 1. The number of aryl methyl sites for hydroxylation is 2. The van der Waals surface area contributed by atoms with Crippen LogP contribution >= 0.6 is 11.6 Å². The van der Waals surface area contributed by atoms with Crippen LogP contribution in [0.15, 0.2) is 45.8 Å². The first kappa shape index (κ1) is 22.8. The van der Waals surface area contributed by atoms with Gasteiger partial charge in [0.15, 0.2) is 0 Å². The molecule has 1 saturated heterocycles. The van der Waals surface area contributed by atoms with Crippen LogP contribution in [0.1, 0.15) is 46.2 Å². The van der Waals surface area contributed by atoms with E-state index in [1.165, 1.54) is 16.8 Å². The third-order valence-electron chi connectivity index (χ3n) is 5.97. The molecule has 0 aliphatic carbocycles. The van der Waals surface area contributed by atoms with Gasteiger partial charge in [-0.05, 0) is 37.8 Å². The Morgan fingerprint density at radius 3 is 2.61 bits per heavy atom. The normalized spacial score (nSPS) is 14.4. The first-order chi connectivity index (χ1) is 15.8. The number of hydrogen-bond donors (Lipinski definition) is 1. The summed E-state index contributed by atoms with van der Waals surface area (Å²) in [5.74, 6) is 0.139. The van der Waals surface area contributed by atoms with Crippen LogP contribution in [0.25, 0.3) is 11.3 Å². The average molecular weight is 469 g/mol. The van der Waals surface area contributed by atoms with Gasteiger partial charge in [0.1, 0.15) is 22.7 Å². The molecule has 2 aromatic heterocycles. The zero-order chi connectivity index (χ0) is 23.7. The van der Waals surface area contributed by atoms with E-state index < -0.39 is 11.5 Å². The minimum Gasteiger partial charge on any atom is -0.360 e. The monoisotopic (exact) mass is 468 g/mol. The summed E-state index contributed by atoms with van der Waals surface area (Å²) in [6.07, 6.45) is 3.38. The van der Waals surface area contributed by atoms with Crippen molar-refractivity contribution in [1.82, 2.24) is 14.6 Å². The molecule has 0 radical (unpaired) electrons. The zero-order valence-electron chi connectivity index (χ0n) is 18.7. The Bertz CT molecular complexity index is 1270. The summed E-state index contributed by atoms with van der Waals surface area (Å²) in [4.78, 5) is 40.7. The second kappa shape index (κ2) is 9.23. The molecule has 2 amide bonds. The van der Waals surface area contributed by atoms with E-state index in [0.29, 0.717) is 35.2 Å². The number of rotatable bonds is 4. The van der Waals surface area contributed by atoms with E-state index in [-0.39, 0.29) is 28.6 Å². The van der Waals surface area contributed by atoms with Gasteiger partial charge in [0.2, 0.25) is 0 Å². The molecule has 0 atom stereocenters. The molecule has 9 heteroatoms. The van der Waals surface area contributed by atoms with Crippen molar-refractivity contribution in [3.8, 4) is 11.3 Å². The number of amides is 2. The number of halogens is 1. The van der Waals surface area contributed by atoms with Crippen molar-refractivity contribution in [3.63, 3.8) is 0 Å². The zero-order valence-corrected chi connectivity index (χ0v) is 19.5. The summed E-state index contributed by atoms with van der Waals surface area (Å²) < 4.78 is 6.55. The topological polar surface area (TPSA) is 97.4 Å². The van der Waals surface area contributed by atoms with E-state index in [1.54, 1.807) is 43.1 Å². The molecule has 0 spiro atoms. The lowest BCUT2D eigenvalue weighted by atomic mass is 9.99. The molecule has 1 aliphatic heterocycles. The summed E-state index contributed by atoms with van der Waals surface area (Å²) in [6, 6.07) is 8.40. The lowest BCUT2D eigenvalue weighted by Crippen LogP contribution is -2.38. The number of benzene rings is 1. The molecular formula is C24H25ClN4O4. The maximum absolute atomic E-state index is 13.2. The number of carbonyl (C=O) groups excluding carboxylic acids is 2. The number of hydrogen-bond acceptors (Lipinski definition) is 5. The number of anilines is 1. The van der Waals surface area contributed by atoms with Crippen LogP contribution in [0, 0.1) is 12.8 Å². The van der Waals surface area contributed by atoms with Crippen LogP contribution < -0.4 is 10.9 Å². The molecule has 8 nitrogen and oxygen atoms in total. The molecule has 172 valence electrons. The van der Waals surface area contributed by atoms with Gasteiger partial charge in [-0.3, -0.25) is 14.4 Å². The van der Waals surface area contributed by atoms with E-state index >= 15 is 0 Å². The fraction of sp³-hybridized carbons (Fsp3) is 0.333. The van der Waals surface area contributed by atoms with Crippen molar-refractivity contribution in [2.24, 2.45) is 13.0 Å². The number of aromatic nitrogens is 2. The molecule has 3 aromatic rings. The Labute approximate surface area is 196 Å². The van der Waals surface area contributed by atoms with Crippen LogP contribution in [0.4, 0.5) is 5.69 Å². The molecule has 0 bridgehead atoms. The van der Waals surface area contributed by atoms with Gasteiger partial charge in [-0.15, -0.1) is 0 Å². The average Bonchev–Trinajstić information content (AvgIpc) is 3.18. The number of likely N-dealkylation sites (tertiary alicyclic amines) is 1. The second-order valence-corrected chi connectivity index (χ2v) is 8.84. The third-order valence-corrected chi connectivity index (χ3v) is 6.30. The second-order valence-electron chi connectivity index (χ2n) is 8.43. The fourth-order valence-corrected chi connectivity index (χ4v) is 4.20. The van der Waals surface area contributed by atoms with Gasteiger partial charge in [0, 0.05) is 31.9 Å². The van der Waals surface area contributed by atoms with Gasteiger partial charge < -0.3 is 19.3 Å². The molecular weight excluding hydrogens is 444 g/mol. The predicted octanol–water partition coefficient (Wildman–Crippen LogP) is 4.13. The maximum Gasteiger partial charge on any atom is 0.274 e. The highest BCUT2D eigenvalue weighted by atomic mass is 35.5. The number of nitrogens with zero attached hydrogens (tertiary/aromatic N) is 3. The Hall–Kier alpha value is -3.39. The summed E-state index contributed by atoms with van der Waals surface area (Å²) in [7, 11) is 1.55. The number of carbonyl (C=O) groups is 2. The standard InChI is InChI=1S/C24H25ClN4O4/c1-14-8-10-29(11-9-14)23(31)16-12-19(24(32)28(3)13-16)26-22(30)20-15(2)33-27-21(20)17-6-4-5-7-18(17)25/h4-7,12-14H,8-11H2,1-3H3,(H,26,30). The smallest absolute Gasteiger partial charge is 0.274 e. The lowest BCUT2D eigenvalue weighted by Gasteiger charge is -2.30. The number of piperidine rings is 1. The van der Waals surface area contributed by atoms with Gasteiger partial charge in [-0.25, -0.2) is 0 Å². The van der Waals surface area contributed by atoms with Crippen molar-refractivity contribution in [2.75, 3.05) is 18.4 Å². The number of pyridine rings is 1. The first-order valence-corrected chi connectivity index (χ1v) is 11.2. The van der Waals surface area contributed by atoms with Crippen LogP contribution in [-0.2, 0) is 7.05 Å². The van der Waals surface area contributed by atoms with Gasteiger partial charge in [-0.2, -0.15) is 0 Å². The van der Waals surface area contributed by atoms with E-state index in [4.69, 9.17) is 16.1 Å². The Balaban J connectivity index is 1.65. The summed E-state index contributed by atoms with van der Waals surface area (Å²) in [5.41, 5.74) is 0.909. The van der Waals surface area contributed by atoms with Crippen LogP contribution in [0.5, 0.6) is 0 Å². The largest absolute Gasteiger partial charge is 0.360 e. The van der Waals surface area contributed by atoms with Gasteiger partial charge in [0.05, 0.1) is 10.6 Å². The molecule has 1 aliphatic rings. The van der Waals surface area contributed by atoms with Crippen LogP contribution in [-0.4, -0.2) is 39.5 Å². The van der Waals surface area contributed by atoms with Crippen molar-refractivity contribution in [1.29, 1.82) is 0 Å². The quantitative estimate of drug-likeness (QED) is 0.621. The van der Waals surface area contributed by atoms with Gasteiger partial charge in [0.25, 0.3) is 17.4 Å². The molecule has 0 saturated carbocycles. The molecule has 1 N–H and O–H groups in total. The molecule has 3 heterocycles. The van der Waals surface area contributed by atoms with E-state index in [9.17, 15) is 14.4 Å². The van der Waals surface area contributed by atoms with Crippen molar-refractivity contribution < 1.29 is 14.1 Å². The predicted molar refractivity (Wildman–Crippen MR) is 126 cm³/mol. The highest BCUT2D eigenvalue weighted by Gasteiger charge is 2.26. The minimum absolute atomic E-state index is 0.00411. The van der Waals surface area contributed by atoms with Gasteiger partial charge in [-0.1, -0.05) is 41.9 Å². The summed E-state index contributed by atoms with van der Waals surface area (Å²) in [5, 5.41) is 7.06. The Morgan fingerprint density at radius 1 is 1.21 bits per heavy atom. The fourth-order valence-electron chi connectivity index (χ4n) is 3.97. The minimum atomic E-state index is -0.572. The van der Waals surface area contributed by atoms with Crippen LogP contribution in [0.2, 0.25) is 5.02 Å². The molecule has 33 heavy (non-hydrogen) atoms. The molecule has 1 fully saturated rings. The summed E-state index contributed by atoms with van der Waals surface area (Å²) >= 11 is 6.28. The van der Waals surface area contributed by atoms with E-state index in [1.807, 2.05) is 0 Å². The highest BCUT2D eigenvalue weighted by Crippen LogP contribution is 2.31. The van der Waals surface area contributed by atoms with Crippen molar-refractivity contribution in [2.45, 2.75) is 26.7 Å². The summed E-state index contributed by atoms with van der Waals surface area (Å²) in [6.45, 7) is 5.13. The van der Waals surface area contributed by atoms with E-state index in [2.05, 4.69) is 17.4 Å². The SMILES string of the molecule is Cc1onc(-c2ccccc2Cl)c1C(=O)Nc1cc(C(=O)N2CCC(C)CC2)cn(C)c1=O. The van der Waals surface area contributed by atoms with Crippen molar-refractivity contribution >= 4 is 29.1 Å².